The van der Waals surface area contributed by atoms with Gasteiger partial charge in [0.15, 0.2) is 0 Å². The second kappa shape index (κ2) is 7.76. The third-order valence-electron chi connectivity index (χ3n) is 8.89. The van der Waals surface area contributed by atoms with E-state index >= 15 is 0 Å². The van der Waals surface area contributed by atoms with Gasteiger partial charge in [0.05, 0.1) is 16.8 Å². The quantitative estimate of drug-likeness (QED) is 0.666. The van der Waals surface area contributed by atoms with Crippen LogP contribution in [-0.4, -0.2) is 65.9 Å². The number of hydrogen-bond acceptors (Lipinski definition) is 9. The summed E-state index contributed by atoms with van der Waals surface area (Å²) < 4.78 is 20.4. The summed E-state index contributed by atoms with van der Waals surface area (Å²) in [7, 11) is 0. The van der Waals surface area contributed by atoms with E-state index in [-0.39, 0.29) is 11.0 Å². The molecule has 3 N–H and O–H groups in total. The predicted octanol–water partition coefficient (Wildman–Crippen LogP) is 2.30. The molecule has 4 aliphatic heterocycles. The predicted molar refractivity (Wildman–Crippen MR) is 132 cm³/mol. The maximum atomic E-state index is 14.2. The first-order valence-corrected chi connectivity index (χ1v) is 13.5. The third-order valence-corrected chi connectivity index (χ3v) is 9.97. The van der Waals surface area contributed by atoms with Crippen molar-refractivity contribution in [2.24, 2.45) is 0 Å². The number of nitrogens with zero attached hydrogens (tertiary/aromatic N) is 5. The molecule has 0 amide bonds. The summed E-state index contributed by atoms with van der Waals surface area (Å²) >= 11 is 1.58. The van der Waals surface area contributed by atoms with Crippen molar-refractivity contribution < 1.29 is 9.13 Å². The molecule has 0 unspecified atom stereocenters. The Morgan fingerprint density at radius 2 is 2.17 bits per heavy atom. The van der Waals surface area contributed by atoms with E-state index in [9.17, 15) is 9.65 Å². The van der Waals surface area contributed by atoms with Crippen LogP contribution in [0.1, 0.15) is 52.9 Å². The number of aromatic nitrogens is 2. The van der Waals surface area contributed by atoms with Gasteiger partial charge in [-0.1, -0.05) is 0 Å². The molecular weight excluding hydrogens is 465 g/mol. The molecule has 10 heteroatoms. The summed E-state index contributed by atoms with van der Waals surface area (Å²) in [6, 6.07) is 2.77. The number of nitrogen functional groups attached to an aromatic ring is 1. The number of rotatable bonds is 4. The molecule has 0 saturated carbocycles. The summed E-state index contributed by atoms with van der Waals surface area (Å²) in [5.41, 5.74) is 9.98. The smallest absolute Gasteiger partial charge is 0.318 e. The van der Waals surface area contributed by atoms with Crippen molar-refractivity contribution in [2.75, 3.05) is 50.0 Å². The first-order valence-electron chi connectivity index (χ1n) is 12.7. The Hall–Kier alpha value is -2.48. The molecule has 7 rings (SSSR count). The second-order valence-corrected chi connectivity index (χ2v) is 12.1. The maximum Gasteiger partial charge on any atom is 0.318 e. The lowest BCUT2D eigenvalue weighted by Gasteiger charge is -2.50. The van der Waals surface area contributed by atoms with Crippen LogP contribution in [0.3, 0.4) is 0 Å². The lowest BCUT2D eigenvalue weighted by Crippen LogP contribution is -2.59. The van der Waals surface area contributed by atoms with Gasteiger partial charge in [0.1, 0.15) is 29.7 Å². The van der Waals surface area contributed by atoms with Gasteiger partial charge in [0.25, 0.3) is 0 Å². The van der Waals surface area contributed by atoms with Gasteiger partial charge in [-0.25, -0.2) is 4.39 Å². The molecule has 1 spiro atoms. The molecule has 0 radical (unpaired) electrons. The van der Waals surface area contributed by atoms with E-state index < -0.39 is 6.17 Å². The van der Waals surface area contributed by atoms with Gasteiger partial charge in [0, 0.05) is 61.4 Å². The summed E-state index contributed by atoms with van der Waals surface area (Å²) in [6.45, 7) is 5.19. The van der Waals surface area contributed by atoms with E-state index in [2.05, 4.69) is 21.2 Å². The highest BCUT2D eigenvalue weighted by molar-refractivity contribution is 7.16. The Morgan fingerprint density at radius 3 is 3.03 bits per heavy atom. The monoisotopic (exact) mass is 495 g/mol. The Morgan fingerprint density at radius 1 is 1.29 bits per heavy atom. The Bertz CT molecular complexity index is 1240. The standard InChI is InChI=1S/C25H30FN7OS/c26-15-8-25(4-1-7-33(25)11-15)14-34-23-30-18-3-6-29-10-17(18)22(31-23)32-12-24(13-32)5-2-19-20(24)16(9-27)21(28)35-19/h15,29H,1-8,10-14,28H2/t15-,25+/m1/s1. The molecule has 35 heavy (non-hydrogen) atoms. The lowest BCUT2D eigenvalue weighted by atomic mass is 9.73. The largest absolute Gasteiger partial charge is 0.461 e. The molecule has 1 aliphatic carbocycles. The minimum atomic E-state index is -0.775. The number of hydrogen-bond donors (Lipinski definition) is 2. The fourth-order valence-electron chi connectivity index (χ4n) is 7.25. The van der Waals surface area contributed by atoms with E-state index in [1.54, 1.807) is 11.3 Å². The van der Waals surface area contributed by atoms with E-state index in [0.29, 0.717) is 36.1 Å². The summed E-state index contributed by atoms with van der Waals surface area (Å²) in [4.78, 5) is 15.6. The SMILES string of the molecule is N#Cc1c(N)sc2c1C1(CC2)CN(c2nc(OC[C@@]34CCCN3C[C@H](F)C4)nc3c2CNCC3)C1. The van der Waals surface area contributed by atoms with Crippen LogP contribution in [0, 0.1) is 11.3 Å². The zero-order chi connectivity index (χ0) is 23.8. The number of alkyl halides is 1. The molecule has 0 bridgehead atoms. The number of nitriles is 1. The van der Waals surface area contributed by atoms with Crippen LogP contribution in [0.15, 0.2) is 0 Å². The average Bonchev–Trinajstić information content (AvgIpc) is 3.54. The van der Waals surface area contributed by atoms with Crippen LogP contribution in [0.25, 0.3) is 0 Å². The molecule has 0 aromatic carbocycles. The van der Waals surface area contributed by atoms with Crippen molar-refractivity contribution in [1.29, 1.82) is 5.26 Å². The second-order valence-electron chi connectivity index (χ2n) is 10.9. The Kier molecular flexibility index (Phi) is 4.83. The van der Waals surface area contributed by atoms with E-state index in [4.69, 9.17) is 20.4 Å². The van der Waals surface area contributed by atoms with Gasteiger partial charge in [-0.3, -0.25) is 4.90 Å². The van der Waals surface area contributed by atoms with Gasteiger partial charge >= 0.3 is 6.01 Å². The number of ether oxygens (including phenoxy) is 1. The third kappa shape index (κ3) is 3.21. The number of aryl methyl sites for hydroxylation is 1. The molecule has 8 nitrogen and oxygen atoms in total. The molecular formula is C25H30FN7OS. The molecule has 2 aromatic rings. The zero-order valence-corrected chi connectivity index (χ0v) is 20.6. The number of halogens is 1. The topological polar surface area (TPSA) is 103 Å². The molecule has 2 aromatic heterocycles. The van der Waals surface area contributed by atoms with Crippen molar-refractivity contribution in [3.05, 3.63) is 27.3 Å². The Balaban J connectivity index is 1.16. The molecule has 6 heterocycles. The van der Waals surface area contributed by atoms with Gasteiger partial charge in [-0.15, -0.1) is 11.3 Å². The van der Waals surface area contributed by atoms with E-state index in [0.717, 1.165) is 81.9 Å². The van der Waals surface area contributed by atoms with Crippen LogP contribution in [0.5, 0.6) is 6.01 Å². The Labute approximate surface area is 208 Å². The van der Waals surface area contributed by atoms with E-state index in [1.807, 2.05) is 0 Å². The first kappa shape index (κ1) is 21.8. The molecule has 2 atom stereocenters. The highest BCUT2D eigenvalue weighted by Gasteiger charge is 2.52. The van der Waals surface area contributed by atoms with Gasteiger partial charge in [-0.05, 0) is 37.8 Å². The number of thiophene rings is 1. The summed E-state index contributed by atoms with van der Waals surface area (Å²) in [6.07, 6.45) is 4.71. The number of fused-ring (bicyclic) bond motifs is 4. The van der Waals surface area contributed by atoms with Crippen LogP contribution < -0.4 is 20.7 Å². The van der Waals surface area contributed by atoms with Crippen molar-refractivity contribution in [2.45, 2.75) is 62.2 Å². The maximum absolute atomic E-state index is 14.2. The van der Waals surface area contributed by atoms with Crippen molar-refractivity contribution in [3.63, 3.8) is 0 Å². The molecule has 3 saturated heterocycles. The van der Waals surface area contributed by atoms with Crippen molar-refractivity contribution >= 4 is 22.2 Å². The molecule has 5 aliphatic rings. The highest BCUT2D eigenvalue weighted by atomic mass is 32.1. The van der Waals surface area contributed by atoms with Gasteiger partial charge in [0.2, 0.25) is 0 Å². The van der Waals surface area contributed by atoms with Crippen molar-refractivity contribution in [3.8, 4) is 12.1 Å². The van der Waals surface area contributed by atoms with Gasteiger partial charge < -0.3 is 20.7 Å². The van der Waals surface area contributed by atoms with Crippen LogP contribution >= 0.6 is 11.3 Å². The normalized spacial score (nSPS) is 28.5. The number of nitrogens with two attached hydrogens (primary N) is 1. The number of nitrogens with one attached hydrogen (secondary N) is 1. The summed E-state index contributed by atoms with van der Waals surface area (Å²) in [5.74, 6) is 0.938. The summed E-state index contributed by atoms with van der Waals surface area (Å²) in [5, 5.41) is 13.8. The average molecular weight is 496 g/mol. The van der Waals surface area contributed by atoms with Crippen LogP contribution in [0.4, 0.5) is 15.2 Å². The van der Waals surface area contributed by atoms with Gasteiger partial charge in [-0.2, -0.15) is 15.2 Å². The van der Waals surface area contributed by atoms with Crippen LogP contribution in [0.2, 0.25) is 0 Å². The first-order chi connectivity index (χ1) is 17.0. The molecule has 184 valence electrons. The lowest BCUT2D eigenvalue weighted by molar-refractivity contribution is 0.107. The fourth-order valence-corrected chi connectivity index (χ4v) is 8.39. The zero-order valence-electron chi connectivity index (χ0n) is 19.8. The van der Waals surface area contributed by atoms with E-state index in [1.165, 1.54) is 10.4 Å². The van der Waals surface area contributed by atoms with Crippen molar-refractivity contribution in [1.82, 2.24) is 20.2 Å². The highest BCUT2D eigenvalue weighted by Crippen LogP contribution is 2.52. The molecule has 3 fully saturated rings. The fraction of sp³-hybridized carbons (Fsp3) is 0.640. The minimum absolute atomic E-state index is 0.0151. The number of anilines is 2. The van der Waals surface area contributed by atoms with Crippen LogP contribution in [-0.2, 0) is 24.8 Å². The minimum Gasteiger partial charge on any atom is -0.461 e.